The summed E-state index contributed by atoms with van der Waals surface area (Å²) in [4.78, 5) is 21.8. The van der Waals surface area contributed by atoms with Crippen LogP contribution >= 0.6 is 34.8 Å². The van der Waals surface area contributed by atoms with Crippen molar-refractivity contribution in [2.45, 2.75) is 25.7 Å². The number of hydrogen-bond acceptors (Lipinski definition) is 3. The number of carbonyl (C=O) groups is 2. The van der Waals surface area contributed by atoms with Crippen LogP contribution in [0.25, 0.3) is 0 Å². The number of hydrogen-bond donors (Lipinski definition) is 2. The first-order valence-corrected chi connectivity index (χ1v) is 7.79. The van der Waals surface area contributed by atoms with Crippen LogP contribution in [0.3, 0.4) is 0 Å². The number of unbranched alkanes of at least 4 members (excludes halogenated alkanes) is 1. The van der Waals surface area contributed by atoms with Crippen molar-refractivity contribution in [3.63, 3.8) is 0 Å². The monoisotopic (exact) mass is 367 g/mol. The molecule has 0 atom stereocenters. The van der Waals surface area contributed by atoms with Crippen molar-refractivity contribution >= 4 is 46.7 Å². The summed E-state index contributed by atoms with van der Waals surface area (Å²) in [5.74, 6) is -0.684. The number of ether oxygens (including phenoxy) is 1. The molecule has 0 fully saturated rings. The number of aliphatic carboxylic acids is 1. The van der Waals surface area contributed by atoms with Gasteiger partial charge in [-0.25, -0.2) is 0 Å². The number of halogens is 3. The van der Waals surface area contributed by atoms with E-state index in [1.165, 1.54) is 12.1 Å². The van der Waals surface area contributed by atoms with Gasteiger partial charge in [0.1, 0.15) is 6.61 Å². The minimum Gasteiger partial charge on any atom is -0.489 e. The van der Waals surface area contributed by atoms with E-state index in [0.29, 0.717) is 40.2 Å². The van der Waals surface area contributed by atoms with Gasteiger partial charge in [-0.1, -0.05) is 34.8 Å². The minimum absolute atomic E-state index is 0.0734. The van der Waals surface area contributed by atoms with Gasteiger partial charge < -0.3 is 15.2 Å². The van der Waals surface area contributed by atoms with E-state index in [0.717, 1.165) is 0 Å². The van der Waals surface area contributed by atoms with Gasteiger partial charge in [0.15, 0.2) is 5.75 Å². The molecule has 0 aliphatic rings. The normalized spacial score (nSPS) is 10.3. The molecule has 0 radical (unpaired) electrons. The Morgan fingerprint density at radius 3 is 2.27 bits per heavy atom. The largest absolute Gasteiger partial charge is 0.489 e. The van der Waals surface area contributed by atoms with Gasteiger partial charge >= 0.3 is 5.97 Å². The minimum atomic E-state index is -0.856. The fourth-order valence-corrected chi connectivity index (χ4v) is 2.59. The second-order valence-electron chi connectivity index (χ2n) is 4.50. The second-order valence-corrected chi connectivity index (χ2v) is 5.75. The van der Waals surface area contributed by atoms with Gasteiger partial charge in [0, 0.05) is 17.9 Å². The molecule has 1 aromatic rings. The summed E-state index contributed by atoms with van der Waals surface area (Å²) in [7, 11) is 0. The van der Waals surface area contributed by atoms with Crippen molar-refractivity contribution in [1.29, 1.82) is 0 Å². The van der Waals surface area contributed by atoms with Gasteiger partial charge in [-0.15, -0.1) is 0 Å². The molecule has 0 bridgehead atoms. The van der Waals surface area contributed by atoms with Crippen molar-refractivity contribution in [3.05, 3.63) is 27.2 Å². The molecule has 1 amide bonds. The number of carbonyl (C=O) groups excluding carboxylic acids is 1. The van der Waals surface area contributed by atoms with E-state index >= 15 is 0 Å². The summed E-state index contributed by atoms with van der Waals surface area (Å²) < 4.78 is 5.42. The third-order valence-electron chi connectivity index (χ3n) is 2.68. The van der Waals surface area contributed by atoms with Crippen LogP contribution in [0.1, 0.15) is 25.7 Å². The quantitative estimate of drug-likeness (QED) is 0.650. The number of carboxylic acids is 1. The average molecular weight is 369 g/mol. The Morgan fingerprint density at radius 2 is 1.68 bits per heavy atom. The van der Waals surface area contributed by atoms with E-state index in [4.69, 9.17) is 44.6 Å². The molecule has 2 N–H and O–H groups in total. The molecule has 5 nitrogen and oxygen atoms in total. The van der Waals surface area contributed by atoms with Crippen molar-refractivity contribution in [1.82, 2.24) is 5.32 Å². The lowest BCUT2D eigenvalue weighted by Gasteiger charge is -2.11. The van der Waals surface area contributed by atoms with Crippen molar-refractivity contribution in [2.24, 2.45) is 0 Å². The molecule has 0 unspecified atom stereocenters. The van der Waals surface area contributed by atoms with E-state index in [-0.39, 0.29) is 25.4 Å². The maximum absolute atomic E-state index is 11.5. The Kier molecular flexibility index (Phi) is 8.38. The first-order valence-electron chi connectivity index (χ1n) is 6.66. The number of rotatable bonds is 9. The highest BCUT2D eigenvalue weighted by Crippen LogP contribution is 2.35. The summed E-state index contributed by atoms with van der Waals surface area (Å²) in [5, 5.41) is 12.2. The van der Waals surface area contributed by atoms with Crippen LogP contribution in [-0.4, -0.2) is 30.1 Å². The van der Waals surface area contributed by atoms with Gasteiger partial charge in [-0.05, 0) is 25.0 Å². The molecule has 0 aliphatic carbocycles. The van der Waals surface area contributed by atoms with Crippen LogP contribution in [0.5, 0.6) is 5.75 Å². The van der Waals surface area contributed by atoms with Crippen LogP contribution in [0.2, 0.25) is 15.1 Å². The summed E-state index contributed by atoms with van der Waals surface area (Å²) in [5.41, 5.74) is 0. The number of amides is 1. The van der Waals surface area contributed by atoms with Crippen LogP contribution in [0, 0.1) is 0 Å². The first kappa shape index (κ1) is 18.9. The molecule has 0 aliphatic heterocycles. The highest BCUT2D eigenvalue weighted by molar-refractivity contribution is 6.40. The Labute approximate surface area is 143 Å². The SMILES string of the molecule is O=C(O)CCCCC(=O)NCCOc1c(Cl)cc(Cl)cc1Cl. The molecule has 22 heavy (non-hydrogen) atoms. The van der Waals surface area contributed by atoms with E-state index in [2.05, 4.69) is 5.32 Å². The lowest BCUT2D eigenvalue weighted by Crippen LogP contribution is -2.27. The van der Waals surface area contributed by atoms with E-state index < -0.39 is 5.97 Å². The topological polar surface area (TPSA) is 75.6 Å². The van der Waals surface area contributed by atoms with Crippen molar-refractivity contribution < 1.29 is 19.4 Å². The van der Waals surface area contributed by atoms with E-state index in [9.17, 15) is 9.59 Å². The van der Waals surface area contributed by atoms with Crippen LogP contribution in [0.4, 0.5) is 0 Å². The standard InChI is InChI=1S/C14H16Cl3NO4/c15-9-7-10(16)14(11(17)8-9)22-6-5-18-12(19)3-1-2-4-13(20)21/h7-8H,1-6H2,(H,18,19)(H,20,21). The highest BCUT2D eigenvalue weighted by Gasteiger charge is 2.09. The predicted octanol–water partition coefficient (Wildman–Crippen LogP) is 3.79. The molecule has 1 aromatic carbocycles. The predicted molar refractivity (Wildman–Crippen MR) is 86.1 cm³/mol. The van der Waals surface area contributed by atoms with Gasteiger partial charge in [-0.3, -0.25) is 9.59 Å². The lowest BCUT2D eigenvalue weighted by atomic mass is 10.2. The van der Waals surface area contributed by atoms with Gasteiger partial charge in [0.05, 0.1) is 16.6 Å². The molecule has 0 saturated carbocycles. The Bertz CT molecular complexity index is 514. The van der Waals surface area contributed by atoms with Crippen molar-refractivity contribution in [2.75, 3.05) is 13.2 Å². The smallest absolute Gasteiger partial charge is 0.303 e. The van der Waals surface area contributed by atoms with E-state index in [1.807, 2.05) is 0 Å². The summed E-state index contributed by atoms with van der Waals surface area (Å²) in [6.45, 7) is 0.509. The Balaban J connectivity index is 2.22. The Morgan fingerprint density at radius 1 is 1.09 bits per heavy atom. The molecule has 8 heteroatoms. The van der Waals surface area contributed by atoms with Crippen molar-refractivity contribution in [3.8, 4) is 5.75 Å². The molecule has 0 heterocycles. The maximum atomic E-state index is 11.5. The molecule has 1 rings (SSSR count). The molecular formula is C14H16Cl3NO4. The van der Waals surface area contributed by atoms with Crippen LogP contribution < -0.4 is 10.1 Å². The maximum Gasteiger partial charge on any atom is 0.303 e. The molecule has 0 spiro atoms. The number of carboxylic acid groups (broad SMARTS) is 1. The Hall–Kier alpha value is -1.17. The number of benzene rings is 1. The average Bonchev–Trinajstić information content (AvgIpc) is 2.41. The zero-order valence-electron chi connectivity index (χ0n) is 11.7. The highest BCUT2D eigenvalue weighted by atomic mass is 35.5. The first-order chi connectivity index (χ1) is 10.4. The molecule has 0 saturated heterocycles. The van der Waals surface area contributed by atoms with Crippen LogP contribution in [0.15, 0.2) is 12.1 Å². The number of nitrogens with one attached hydrogen (secondary N) is 1. The van der Waals surface area contributed by atoms with Crippen LogP contribution in [-0.2, 0) is 9.59 Å². The fourth-order valence-electron chi connectivity index (χ4n) is 1.66. The zero-order valence-corrected chi connectivity index (χ0v) is 14.0. The molecular weight excluding hydrogens is 353 g/mol. The zero-order chi connectivity index (χ0) is 16.5. The lowest BCUT2D eigenvalue weighted by molar-refractivity contribution is -0.137. The fraction of sp³-hybridized carbons (Fsp3) is 0.429. The summed E-state index contributed by atoms with van der Waals surface area (Å²) in [6, 6.07) is 3.04. The summed E-state index contributed by atoms with van der Waals surface area (Å²) >= 11 is 17.7. The molecule has 0 aromatic heterocycles. The second kappa shape index (κ2) is 9.77. The molecule has 122 valence electrons. The van der Waals surface area contributed by atoms with Gasteiger partial charge in [0.2, 0.25) is 5.91 Å². The summed E-state index contributed by atoms with van der Waals surface area (Å²) in [6.07, 6.45) is 1.38. The third-order valence-corrected chi connectivity index (χ3v) is 3.46. The van der Waals surface area contributed by atoms with E-state index in [1.54, 1.807) is 0 Å². The third kappa shape index (κ3) is 7.20. The van der Waals surface area contributed by atoms with Gasteiger partial charge in [0.25, 0.3) is 0 Å². The van der Waals surface area contributed by atoms with Gasteiger partial charge in [-0.2, -0.15) is 0 Å².